The standard InChI is InChI=1S/C21H23N3O2/c1-15-20(26-16(2)22-15)21(25)24-12-10-23(11-13-24)14-18-8-5-7-17-6-3-4-9-19(17)18/h3-9H,10-14H2,1-2H3. The Bertz CT molecular complexity index is 934. The minimum Gasteiger partial charge on any atom is -0.436 e. The van der Waals surface area contributed by atoms with Crippen LogP contribution in [0.3, 0.4) is 0 Å². The summed E-state index contributed by atoms with van der Waals surface area (Å²) in [5, 5.41) is 2.58. The molecule has 0 N–H and O–H groups in total. The number of hydrogen-bond acceptors (Lipinski definition) is 4. The number of oxazole rings is 1. The lowest BCUT2D eigenvalue weighted by Crippen LogP contribution is -2.48. The van der Waals surface area contributed by atoms with Crippen molar-refractivity contribution in [3.63, 3.8) is 0 Å². The third-order valence-corrected chi connectivity index (χ3v) is 5.03. The van der Waals surface area contributed by atoms with E-state index in [9.17, 15) is 4.79 Å². The largest absolute Gasteiger partial charge is 0.436 e. The van der Waals surface area contributed by atoms with Crippen molar-refractivity contribution < 1.29 is 9.21 Å². The fourth-order valence-electron chi connectivity index (χ4n) is 3.65. The number of aryl methyl sites for hydroxylation is 2. The zero-order valence-corrected chi connectivity index (χ0v) is 15.2. The number of benzene rings is 2. The van der Waals surface area contributed by atoms with E-state index < -0.39 is 0 Å². The highest BCUT2D eigenvalue weighted by Crippen LogP contribution is 2.21. The van der Waals surface area contributed by atoms with E-state index in [0.29, 0.717) is 30.4 Å². The van der Waals surface area contributed by atoms with Crippen molar-refractivity contribution in [3.05, 3.63) is 65.4 Å². The van der Waals surface area contributed by atoms with Crippen molar-refractivity contribution in [2.45, 2.75) is 20.4 Å². The van der Waals surface area contributed by atoms with E-state index >= 15 is 0 Å². The van der Waals surface area contributed by atoms with Crippen molar-refractivity contribution in [2.75, 3.05) is 26.2 Å². The van der Waals surface area contributed by atoms with E-state index in [-0.39, 0.29) is 5.91 Å². The van der Waals surface area contributed by atoms with Gasteiger partial charge in [-0.2, -0.15) is 0 Å². The predicted octanol–water partition coefficient (Wildman–Crippen LogP) is 3.40. The van der Waals surface area contributed by atoms with Crippen molar-refractivity contribution in [2.24, 2.45) is 0 Å². The Hall–Kier alpha value is -2.66. The van der Waals surface area contributed by atoms with E-state index in [0.717, 1.165) is 19.6 Å². The van der Waals surface area contributed by atoms with Gasteiger partial charge in [-0.05, 0) is 23.3 Å². The molecule has 2 heterocycles. The molecular formula is C21H23N3O2. The molecule has 26 heavy (non-hydrogen) atoms. The van der Waals surface area contributed by atoms with Crippen LogP contribution in [-0.2, 0) is 6.54 Å². The minimum absolute atomic E-state index is 0.0482. The third kappa shape index (κ3) is 3.22. The van der Waals surface area contributed by atoms with E-state index in [1.807, 2.05) is 11.8 Å². The van der Waals surface area contributed by atoms with Crippen molar-refractivity contribution in [1.82, 2.24) is 14.8 Å². The molecule has 1 aliphatic heterocycles. The Morgan fingerprint density at radius 3 is 2.50 bits per heavy atom. The molecule has 134 valence electrons. The second kappa shape index (κ2) is 6.92. The normalized spacial score (nSPS) is 15.5. The smallest absolute Gasteiger partial charge is 0.291 e. The molecule has 0 spiro atoms. The highest BCUT2D eigenvalue weighted by atomic mass is 16.4. The summed E-state index contributed by atoms with van der Waals surface area (Å²) < 4.78 is 5.48. The quantitative estimate of drug-likeness (QED) is 0.727. The number of fused-ring (bicyclic) bond motifs is 1. The average molecular weight is 349 g/mol. The molecule has 0 unspecified atom stereocenters. The van der Waals surface area contributed by atoms with Crippen molar-refractivity contribution >= 4 is 16.7 Å². The van der Waals surface area contributed by atoms with Gasteiger partial charge in [-0.1, -0.05) is 42.5 Å². The zero-order chi connectivity index (χ0) is 18.1. The van der Waals surface area contributed by atoms with Crippen LogP contribution in [0.1, 0.15) is 27.7 Å². The molecule has 0 saturated carbocycles. The predicted molar refractivity (Wildman–Crippen MR) is 101 cm³/mol. The van der Waals surface area contributed by atoms with Crippen LogP contribution in [0.15, 0.2) is 46.9 Å². The van der Waals surface area contributed by atoms with Crippen LogP contribution < -0.4 is 0 Å². The first kappa shape index (κ1) is 16.8. The number of nitrogens with zero attached hydrogens (tertiary/aromatic N) is 3. The number of rotatable bonds is 3. The van der Waals surface area contributed by atoms with Crippen LogP contribution in [0.4, 0.5) is 0 Å². The monoisotopic (exact) mass is 349 g/mol. The maximum atomic E-state index is 12.6. The molecular weight excluding hydrogens is 326 g/mol. The molecule has 0 atom stereocenters. The summed E-state index contributed by atoms with van der Waals surface area (Å²) in [5.41, 5.74) is 2.01. The molecule has 1 amide bonds. The van der Waals surface area contributed by atoms with E-state index in [1.165, 1.54) is 16.3 Å². The molecule has 0 radical (unpaired) electrons. The topological polar surface area (TPSA) is 49.6 Å². The lowest BCUT2D eigenvalue weighted by atomic mass is 10.0. The summed E-state index contributed by atoms with van der Waals surface area (Å²) in [5.74, 6) is 0.873. The summed E-state index contributed by atoms with van der Waals surface area (Å²) in [6.45, 7) is 7.64. The van der Waals surface area contributed by atoms with Gasteiger partial charge in [0.05, 0.1) is 5.69 Å². The van der Waals surface area contributed by atoms with Crippen LogP contribution in [-0.4, -0.2) is 46.9 Å². The summed E-state index contributed by atoms with van der Waals surface area (Å²) in [6, 6.07) is 15.0. The molecule has 1 aromatic heterocycles. The summed E-state index contributed by atoms with van der Waals surface area (Å²) >= 11 is 0. The number of carbonyl (C=O) groups is 1. The molecule has 0 aliphatic carbocycles. The van der Waals surface area contributed by atoms with Crippen LogP contribution in [0, 0.1) is 13.8 Å². The molecule has 0 bridgehead atoms. The Balaban J connectivity index is 1.42. The highest BCUT2D eigenvalue weighted by molar-refractivity contribution is 5.92. The van der Waals surface area contributed by atoms with Gasteiger partial charge in [0.25, 0.3) is 5.91 Å². The molecule has 5 heteroatoms. The second-order valence-electron chi connectivity index (χ2n) is 6.85. The van der Waals surface area contributed by atoms with Gasteiger partial charge < -0.3 is 9.32 Å². The summed E-state index contributed by atoms with van der Waals surface area (Å²) in [6.07, 6.45) is 0. The van der Waals surface area contributed by atoms with Gasteiger partial charge in [-0.3, -0.25) is 9.69 Å². The van der Waals surface area contributed by atoms with Crippen LogP contribution in [0.2, 0.25) is 0 Å². The Labute approximate surface area is 153 Å². The lowest BCUT2D eigenvalue weighted by molar-refractivity contribution is 0.0596. The zero-order valence-electron chi connectivity index (χ0n) is 15.2. The molecule has 1 saturated heterocycles. The Morgan fingerprint density at radius 2 is 1.77 bits per heavy atom. The first-order chi connectivity index (χ1) is 12.6. The number of carbonyl (C=O) groups excluding carboxylic acids is 1. The van der Waals surface area contributed by atoms with E-state index in [4.69, 9.17) is 4.42 Å². The van der Waals surface area contributed by atoms with Crippen molar-refractivity contribution in [3.8, 4) is 0 Å². The Morgan fingerprint density at radius 1 is 1.04 bits per heavy atom. The number of amides is 1. The first-order valence-electron chi connectivity index (χ1n) is 9.04. The van der Waals surface area contributed by atoms with Crippen LogP contribution in [0.25, 0.3) is 10.8 Å². The van der Waals surface area contributed by atoms with Gasteiger partial charge in [0.15, 0.2) is 5.89 Å². The molecule has 4 rings (SSSR count). The van der Waals surface area contributed by atoms with E-state index in [2.05, 4.69) is 52.3 Å². The van der Waals surface area contributed by atoms with Gasteiger partial charge in [-0.15, -0.1) is 0 Å². The molecule has 3 aromatic rings. The molecule has 1 aliphatic rings. The molecule has 2 aromatic carbocycles. The number of hydrogen-bond donors (Lipinski definition) is 0. The molecule has 1 fully saturated rings. The van der Waals surface area contributed by atoms with Crippen LogP contribution in [0.5, 0.6) is 0 Å². The fourth-order valence-corrected chi connectivity index (χ4v) is 3.65. The maximum Gasteiger partial charge on any atom is 0.291 e. The fraction of sp³-hybridized carbons (Fsp3) is 0.333. The van der Waals surface area contributed by atoms with E-state index in [1.54, 1.807) is 6.92 Å². The van der Waals surface area contributed by atoms with Gasteiger partial charge in [0, 0.05) is 39.6 Å². The maximum absolute atomic E-state index is 12.6. The van der Waals surface area contributed by atoms with Gasteiger partial charge in [0.2, 0.25) is 5.76 Å². The first-order valence-corrected chi connectivity index (χ1v) is 9.04. The lowest BCUT2D eigenvalue weighted by Gasteiger charge is -2.34. The SMILES string of the molecule is Cc1nc(C)c(C(=O)N2CCN(Cc3cccc4ccccc34)CC2)o1. The van der Waals surface area contributed by atoms with Gasteiger partial charge in [-0.25, -0.2) is 4.98 Å². The average Bonchev–Trinajstić information content (AvgIpc) is 3.00. The number of piperazine rings is 1. The molecule has 5 nitrogen and oxygen atoms in total. The summed E-state index contributed by atoms with van der Waals surface area (Å²) in [7, 11) is 0. The number of aromatic nitrogens is 1. The second-order valence-corrected chi connectivity index (χ2v) is 6.85. The summed E-state index contributed by atoms with van der Waals surface area (Å²) in [4.78, 5) is 21.1. The minimum atomic E-state index is -0.0482. The van der Waals surface area contributed by atoms with Crippen molar-refractivity contribution in [1.29, 1.82) is 0 Å². The van der Waals surface area contributed by atoms with Gasteiger partial charge >= 0.3 is 0 Å². The van der Waals surface area contributed by atoms with Gasteiger partial charge in [0.1, 0.15) is 0 Å². The highest BCUT2D eigenvalue weighted by Gasteiger charge is 2.26. The Kier molecular flexibility index (Phi) is 4.47. The third-order valence-electron chi connectivity index (χ3n) is 5.03. The van der Waals surface area contributed by atoms with Crippen LogP contribution >= 0.6 is 0 Å².